The highest BCUT2D eigenvalue weighted by Crippen LogP contribution is 2.17. The van der Waals surface area contributed by atoms with Crippen LogP contribution in [-0.4, -0.2) is 25.0 Å². The minimum atomic E-state index is -0.576. The van der Waals surface area contributed by atoms with E-state index in [4.69, 9.17) is 10.5 Å². The SMILES string of the molecule is CC(C)CNC(=O)c1ccccc1OCC(N)=O. The van der Waals surface area contributed by atoms with Crippen LogP contribution < -0.4 is 15.8 Å². The monoisotopic (exact) mass is 250 g/mol. The maximum absolute atomic E-state index is 11.9. The molecule has 0 unspecified atom stereocenters. The van der Waals surface area contributed by atoms with Crippen LogP contribution in [0.3, 0.4) is 0 Å². The van der Waals surface area contributed by atoms with Crippen LogP contribution in [-0.2, 0) is 4.79 Å². The van der Waals surface area contributed by atoms with Gasteiger partial charge in [-0.3, -0.25) is 9.59 Å². The third kappa shape index (κ3) is 4.45. The third-order valence-electron chi connectivity index (χ3n) is 2.17. The second-order valence-corrected chi connectivity index (χ2v) is 4.36. The molecule has 0 aromatic heterocycles. The fourth-order valence-corrected chi connectivity index (χ4v) is 1.32. The molecule has 18 heavy (non-hydrogen) atoms. The Morgan fingerprint density at radius 1 is 1.33 bits per heavy atom. The minimum Gasteiger partial charge on any atom is -0.483 e. The predicted octanol–water partition coefficient (Wildman–Crippen LogP) is 0.936. The Bertz CT molecular complexity index is 430. The molecule has 5 nitrogen and oxygen atoms in total. The van der Waals surface area contributed by atoms with Gasteiger partial charge in [-0.25, -0.2) is 0 Å². The van der Waals surface area contributed by atoms with Gasteiger partial charge in [0.1, 0.15) is 5.75 Å². The Labute approximate surface area is 106 Å². The third-order valence-corrected chi connectivity index (χ3v) is 2.17. The summed E-state index contributed by atoms with van der Waals surface area (Å²) in [5, 5.41) is 2.79. The van der Waals surface area contributed by atoms with E-state index in [0.717, 1.165) is 0 Å². The second kappa shape index (κ2) is 6.64. The molecule has 0 aliphatic rings. The van der Waals surface area contributed by atoms with Gasteiger partial charge in [-0.15, -0.1) is 0 Å². The van der Waals surface area contributed by atoms with Crippen molar-refractivity contribution in [3.63, 3.8) is 0 Å². The highest BCUT2D eigenvalue weighted by atomic mass is 16.5. The number of benzene rings is 1. The van der Waals surface area contributed by atoms with Gasteiger partial charge < -0.3 is 15.8 Å². The van der Waals surface area contributed by atoms with Crippen molar-refractivity contribution in [2.24, 2.45) is 11.7 Å². The molecule has 0 radical (unpaired) electrons. The van der Waals surface area contributed by atoms with Crippen LogP contribution in [0.2, 0.25) is 0 Å². The van der Waals surface area contributed by atoms with Gasteiger partial charge in [0, 0.05) is 6.54 Å². The summed E-state index contributed by atoms with van der Waals surface area (Å²) in [6, 6.07) is 6.75. The molecule has 3 N–H and O–H groups in total. The van der Waals surface area contributed by atoms with Crippen LogP contribution in [0.25, 0.3) is 0 Å². The van der Waals surface area contributed by atoms with Crippen molar-refractivity contribution in [3.05, 3.63) is 29.8 Å². The van der Waals surface area contributed by atoms with Gasteiger partial charge in [0.25, 0.3) is 11.8 Å². The van der Waals surface area contributed by atoms with Crippen LogP contribution >= 0.6 is 0 Å². The maximum Gasteiger partial charge on any atom is 0.255 e. The van der Waals surface area contributed by atoms with Crippen molar-refractivity contribution >= 4 is 11.8 Å². The topological polar surface area (TPSA) is 81.4 Å². The quantitative estimate of drug-likeness (QED) is 0.788. The summed E-state index contributed by atoms with van der Waals surface area (Å²) in [5.74, 6) is -0.0682. The Kier molecular flexibility index (Phi) is 5.17. The number of carbonyl (C=O) groups excluding carboxylic acids is 2. The number of hydrogen-bond acceptors (Lipinski definition) is 3. The van der Waals surface area contributed by atoms with Gasteiger partial charge in [0.15, 0.2) is 6.61 Å². The highest BCUT2D eigenvalue weighted by molar-refractivity contribution is 5.97. The minimum absolute atomic E-state index is 0.219. The molecule has 0 heterocycles. The molecule has 2 amide bonds. The van der Waals surface area contributed by atoms with E-state index in [1.807, 2.05) is 13.8 Å². The van der Waals surface area contributed by atoms with E-state index in [2.05, 4.69) is 5.32 Å². The summed E-state index contributed by atoms with van der Waals surface area (Å²) in [4.78, 5) is 22.6. The maximum atomic E-state index is 11.9. The van der Waals surface area contributed by atoms with Gasteiger partial charge in [0.05, 0.1) is 5.56 Å². The Morgan fingerprint density at radius 3 is 2.61 bits per heavy atom. The lowest BCUT2D eigenvalue weighted by molar-refractivity contribution is -0.119. The summed E-state index contributed by atoms with van der Waals surface area (Å²) >= 11 is 0. The van der Waals surface area contributed by atoms with Crippen molar-refractivity contribution in [2.75, 3.05) is 13.2 Å². The predicted molar refractivity (Wildman–Crippen MR) is 68.3 cm³/mol. The van der Waals surface area contributed by atoms with Gasteiger partial charge in [-0.05, 0) is 18.1 Å². The van der Waals surface area contributed by atoms with Crippen LogP contribution in [0.5, 0.6) is 5.75 Å². The Balaban J connectivity index is 2.74. The molecule has 0 saturated carbocycles. The number of rotatable bonds is 6. The molecule has 0 spiro atoms. The molecule has 1 rings (SSSR count). The molecule has 0 atom stereocenters. The first-order valence-electron chi connectivity index (χ1n) is 5.79. The largest absolute Gasteiger partial charge is 0.483 e. The molecule has 1 aromatic carbocycles. The summed E-state index contributed by atoms with van der Waals surface area (Å²) in [5.41, 5.74) is 5.40. The summed E-state index contributed by atoms with van der Waals surface area (Å²) in [6.45, 7) is 4.36. The van der Waals surface area contributed by atoms with E-state index >= 15 is 0 Å². The average molecular weight is 250 g/mol. The van der Waals surface area contributed by atoms with Crippen molar-refractivity contribution in [1.82, 2.24) is 5.32 Å². The molecule has 0 bridgehead atoms. The van der Waals surface area contributed by atoms with Crippen molar-refractivity contribution in [3.8, 4) is 5.75 Å². The molecular weight excluding hydrogens is 232 g/mol. The van der Waals surface area contributed by atoms with Gasteiger partial charge >= 0.3 is 0 Å². The van der Waals surface area contributed by atoms with Crippen molar-refractivity contribution in [1.29, 1.82) is 0 Å². The van der Waals surface area contributed by atoms with Crippen molar-refractivity contribution in [2.45, 2.75) is 13.8 Å². The molecule has 0 aliphatic heterocycles. The van der Waals surface area contributed by atoms with Crippen LogP contribution in [0.1, 0.15) is 24.2 Å². The highest BCUT2D eigenvalue weighted by Gasteiger charge is 2.12. The number of nitrogens with one attached hydrogen (secondary N) is 1. The molecule has 1 aromatic rings. The van der Waals surface area contributed by atoms with Crippen LogP contribution in [0.4, 0.5) is 0 Å². The Hall–Kier alpha value is -2.04. The van der Waals surface area contributed by atoms with E-state index in [-0.39, 0.29) is 12.5 Å². The van der Waals surface area contributed by atoms with Gasteiger partial charge in [-0.2, -0.15) is 0 Å². The summed E-state index contributed by atoms with van der Waals surface area (Å²) in [6.07, 6.45) is 0. The van der Waals surface area contributed by atoms with Gasteiger partial charge in [-0.1, -0.05) is 26.0 Å². The smallest absolute Gasteiger partial charge is 0.255 e. The second-order valence-electron chi connectivity index (χ2n) is 4.36. The van der Waals surface area contributed by atoms with Crippen molar-refractivity contribution < 1.29 is 14.3 Å². The number of hydrogen-bond donors (Lipinski definition) is 2. The first-order valence-corrected chi connectivity index (χ1v) is 5.79. The van der Waals surface area contributed by atoms with Gasteiger partial charge in [0.2, 0.25) is 0 Å². The standard InChI is InChI=1S/C13H18N2O3/c1-9(2)7-15-13(17)10-5-3-4-6-11(10)18-8-12(14)16/h3-6,9H,7-8H2,1-2H3,(H2,14,16)(H,15,17). The summed E-state index contributed by atoms with van der Waals surface area (Å²) < 4.78 is 5.19. The first-order chi connectivity index (χ1) is 8.50. The number of primary amides is 1. The zero-order valence-corrected chi connectivity index (χ0v) is 10.6. The molecule has 98 valence electrons. The zero-order chi connectivity index (χ0) is 13.5. The number of ether oxygens (including phenoxy) is 1. The number of amides is 2. The lowest BCUT2D eigenvalue weighted by Crippen LogP contribution is -2.28. The number of para-hydroxylation sites is 1. The molecule has 0 saturated heterocycles. The number of carbonyl (C=O) groups is 2. The zero-order valence-electron chi connectivity index (χ0n) is 10.6. The van der Waals surface area contributed by atoms with Crippen LogP contribution in [0.15, 0.2) is 24.3 Å². The average Bonchev–Trinajstić information content (AvgIpc) is 2.33. The first kappa shape index (κ1) is 14.0. The van der Waals surface area contributed by atoms with E-state index in [1.165, 1.54) is 0 Å². The lowest BCUT2D eigenvalue weighted by atomic mass is 10.1. The number of nitrogens with two attached hydrogens (primary N) is 1. The van der Waals surface area contributed by atoms with Crippen LogP contribution in [0, 0.1) is 5.92 Å². The molecule has 5 heteroatoms. The fourth-order valence-electron chi connectivity index (χ4n) is 1.32. The molecule has 0 fully saturated rings. The normalized spacial score (nSPS) is 10.2. The lowest BCUT2D eigenvalue weighted by Gasteiger charge is -2.11. The van der Waals surface area contributed by atoms with E-state index in [1.54, 1.807) is 24.3 Å². The van der Waals surface area contributed by atoms with E-state index < -0.39 is 5.91 Å². The summed E-state index contributed by atoms with van der Waals surface area (Å²) in [7, 11) is 0. The fraction of sp³-hybridized carbons (Fsp3) is 0.385. The molecule has 0 aliphatic carbocycles. The van der Waals surface area contributed by atoms with E-state index in [9.17, 15) is 9.59 Å². The van der Waals surface area contributed by atoms with E-state index in [0.29, 0.717) is 23.8 Å². The molecular formula is C13H18N2O3. The Morgan fingerprint density at radius 2 is 2.00 bits per heavy atom.